The molecule has 0 aliphatic carbocycles. The summed E-state index contributed by atoms with van der Waals surface area (Å²) in [5, 5.41) is 0. The maximum atomic E-state index is 5.58. The molecule has 0 spiro atoms. The first-order valence-corrected chi connectivity index (χ1v) is 6.08. The lowest BCUT2D eigenvalue weighted by molar-refractivity contribution is 0.958. The van der Waals surface area contributed by atoms with Crippen LogP contribution >= 0.6 is 11.1 Å². The van der Waals surface area contributed by atoms with Crippen LogP contribution in [0, 0.1) is 0 Å². The highest BCUT2D eigenvalue weighted by Crippen LogP contribution is 1.96. The van der Waals surface area contributed by atoms with Crippen LogP contribution in [0.15, 0.2) is 30.3 Å². The molecule has 10 heavy (non-hydrogen) atoms. The summed E-state index contributed by atoms with van der Waals surface area (Å²) in [5.41, 5.74) is 1.30. The highest BCUT2D eigenvalue weighted by molar-refractivity contribution is 6.92. The molecule has 0 saturated carbocycles. The number of nitrogens with one attached hydrogen (secondary N) is 1. The van der Waals surface area contributed by atoms with Crippen molar-refractivity contribution in [3.8, 4) is 0 Å². The van der Waals surface area contributed by atoms with Crippen molar-refractivity contribution in [2.24, 2.45) is 0 Å². The van der Waals surface area contributed by atoms with Crippen LogP contribution in [0.25, 0.3) is 0 Å². The molecule has 0 aliphatic rings. The summed E-state index contributed by atoms with van der Waals surface area (Å²) in [4.78, 5) is 3.17. The predicted octanol–water partition coefficient (Wildman–Crippen LogP) is 1.01. The summed E-state index contributed by atoms with van der Waals surface area (Å²) < 4.78 is 0. The molecular formula is C7H10ClNSi. The molecule has 0 amide bonds. The fourth-order valence-electron chi connectivity index (χ4n) is 0.787. The molecule has 0 fully saturated rings. The Hall–Kier alpha value is -0.313. The summed E-state index contributed by atoms with van der Waals surface area (Å²) in [6.07, 6.45) is 0. The van der Waals surface area contributed by atoms with Crippen molar-refractivity contribution in [1.82, 2.24) is 4.98 Å². The molecule has 1 N–H and O–H groups in total. The normalized spacial score (nSPS) is 10.9. The zero-order valence-electron chi connectivity index (χ0n) is 5.68. The minimum absolute atomic E-state index is 0.508. The largest absolute Gasteiger partial charge is 0.326 e. The van der Waals surface area contributed by atoms with Gasteiger partial charge in [-0.1, -0.05) is 30.3 Å². The van der Waals surface area contributed by atoms with Gasteiger partial charge in [0.25, 0.3) is 0 Å². The first-order valence-electron chi connectivity index (χ1n) is 3.24. The third-order valence-corrected chi connectivity index (χ3v) is 2.27. The van der Waals surface area contributed by atoms with Crippen molar-refractivity contribution in [1.29, 1.82) is 0 Å². The predicted molar refractivity (Wildman–Crippen MR) is 47.7 cm³/mol. The summed E-state index contributed by atoms with van der Waals surface area (Å²) >= 11 is 5.58. The molecule has 0 unspecified atom stereocenters. The Balaban J connectivity index is 2.43. The average molecular weight is 172 g/mol. The highest BCUT2D eigenvalue weighted by atomic mass is 35.6. The highest BCUT2D eigenvalue weighted by Gasteiger charge is 1.86. The van der Waals surface area contributed by atoms with Gasteiger partial charge in [0.2, 0.25) is 0 Å². The number of rotatable bonds is 3. The molecule has 0 aliphatic heterocycles. The fraction of sp³-hybridized carbons (Fsp3) is 0.143. The lowest BCUT2D eigenvalue weighted by atomic mass is 10.2. The summed E-state index contributed by atoms with van der Waals surface area (Å²) in [6, 6.07) is 10.3. The number of benzene rings is 1. The second-order valence-corrected chi connectivity index (χ2v) is 3.62. The Morgan fingerprint density at radius 3 is 2.60 bits per heavy atom. The molecule has 1 nitrogen and oxygen atoms in total. The Kier molecular flexibility index (Phi) is 3.50. The first kappa shape index (κ1) is 7.79. The standard InChI is InChI=1S/C7H10ClNSi/c8-10-9-6-7-4-2-1-3-5-7/h1-5,9H,6,10H2. The molecule has 0 saturated heterocycles. The van der Waals surface area contributed by atoms with Crippen LogP contribution < -0.4 is 4.98 Å². The van der Waals surface area contributed by atoms with Crippen LogP contribution in [0.1, 0.15) is 5.56 Å². The van der Waals surface area contributed by atoms with Gasteiger partial charge in [-0.3, -0.25) is 0 Å². The van der Waals surface area contributed by atoms with E-state index in [1.807, 2.05) is 18.2 Å². The maximum Gasteiger partial charge on any atom is 0.195 e. The van der Waals surface area contributed by atoms with Gasteiger partial charge in [-0.25, -0.2) is 0 Å². The maximum absolute atomic E-state index is 5.58. The summed E-state index contributed by atoms with van der Waals surface area (Å²) in [6.45, 7) is 0.913. The van der Waals surface area contributed by atoms with E-state index >= 15 is 0 Å². The van der Waals surface area contributed by atoms with E-state index in [2.05, 4.69) is 17.1 Å². The lowest BCUT2D eigenvalue weighted by Gasteiger charge is -1.98. The molecule has 3 heteroatoms. The van der Waals surface area contributed by atoms with Crippen molar-refractivity contribution >= 4 is 20.1 Å². The van der Waals surface area contributed by atoms with E-state index in [1.54, 1.807) is 0 Å². The number of halogens is 1. The van der Waals surface area contributed by atoms with Crippen molar-refractivity contribution in [3.63, 3.8) is 0 Å². The van der Waals surface area contributed by atoms with Crippen LogP contribution in [-0.4, -0.2) is 8.99 Å². The van der Waals surface area contributed by atoms with Gasteiger partial charge in [0.05, 0.1) is 0 Å². The Bertz CT molecular complexity index is 178. The molecule has 0 heterocycles. The van der Waals surface area contributed by atoms with Gasteiger partial charge in [-0.05, 0) is 5.56 Å². The third kappa shape index (κ3) is 2.52. The van der Waals surface area contributed by atoms with Gasteiger partial charge in [0.15, 0.2) is 8.99 Å². The zero-order valence-corrected chi connectivity index (χ0v) is 7.85. The summed E-state index contributed by atoms with van der Waals surface area (Å²) in [5.74, 6) is 0. The molecular weight excluding hydrogens is 162 g/mol. The number of hydrogen-bond acceptors (Lipinski definition) is 1. The van der Waals surface area contributed by atoms with Gasteiger partial charge >= 0.3 is 0 Å². The van der Waals surface area contributed by atoms with Crippen molar-refractivity contribution in [2.75, 3.05) is 0 Å². The van der Waals surface area contributed by atoms with E-state index in [4.69, 9.17) is 11.1 Å². The summed E-state index contributed by atoms with van der Waals surface area (Å²) in [7, 11) is -0.508. The molecule has 0 atom stereocenters. The lowest BCUT2D eigenvalue weighted by Crippen LogP contribution is -2.13. The second kappa shape index (κ2) is 4.49. The van der Waals surface area contributed by atoms with E-state index in [-0.39, 0.29) is 0 Å². The monoisotopic (exact) mass is 171 g/mol. The minimum Gasteiger partial charge on any atom is -0.326 e. The van der Waals surface area contributed by atoms with Gasteiger partial charge in [0.1, 0.15) is 0 Å². The molecule has 1 aromatic rings. The fourth-order valence-corrected chi connectivity index (χ4v) is 1.45. The van der Waals surface area contributed by atoms with Crippen molar-refractivity contribution in [2.45, 2.75) is 6.54 Å². The Labute approximate surface area is 68.0 Å². The third-order valence-electron chi connectivity index (χ3n) is 1.27. The van der Waals surface area contributed by atoms with E-state index in [0.29, 0.717) is 0 Å². The van der Waals surface area contributed by atoms with E-state index < -0.39 is 8.99 Å². The molecule has 0 radical (unpaired) electrons. The molecule has 1 rings (SSSR count). The first-order chi connectivity index (χ1) is 4.93. The van der Waals surface area contributed by atoms with Crippen LogP contribution in [0.2, 0.25) is 0 Å². The number of hydrogen-bond donors (Lipinski definition) is 1. The quantitative estimate of drug-likeness (QED) is 0.529. The van der Waals surface area contributed by atoms with Gasteiger partial charge < -0.3 is 4.98 Å². The molecule has 0 aromatic heterocycles. The van der Waals surface area contributed by atoms with Crippen molar-refractivity contribution < 1.29 is 0 Å². The molecule has 54 valence electrons. The van der Waals surface area contributed by atoms with Crippen LogP contribution in [0.4, 0.5) is 0 Å². The Morgan fingerprint density at radius 2 is 2.00 bits per heavy atom. The van der Waals surface area contributed by atoms with Crippen LogP contribution in [-0.2, 0) is 6.54 Å². The van der Waals surface area contributed by atoms with E-state index in [9.17, 15) is 0 Å². The van der Waals surface area contributed by atoms with Gasteiger partial charge in [-0.2, -0.15) is 11.1 Å². The average Bonchev–Trinajstić information content (AvgIpc) is 2.03. The van der Waals surface area contributed by atoms with Crippen LogP contribution in [0.3, 0.4) is 0 Å². The molecule has 0 bridgehead atoms. The minimum atomic E-state index is -0.508. The SMILES string of the molecule is Cl[SiH2]NCc1ccccc1. The van der Waals surface area contributed by atoms with Crippen LogP contribution in [0.5, 0.6) is 0 Å². The topological polar surface area (TPSA) is 12.0 Å². The Morgan fingerprint density at radius 1 is 1.30 bits per heavy atom. The van der Waals surface area contributed by atoms with Gasteiger partial charge in [-0.15, -0.1) is 0 Å². The second-order valence-electron chi connectivity index (χ2n) is 2.05. The molecule has 1 aromatic carbocycles. The smallest absolute Gasteiger partial charge is 0.195 e. The zero-order chi connectivity index (χ0) is 7.23. The van der Waals surface area contributed by atoms with E-state index in [1.165, 1.54) is 5.56 Å². The van der Waals surface area contributed by atoms with E-state index in [0.717, 1.165) is 6.54 Å². The van der Waals surface area contributed by atoms with Gasteiger partial charge in [0, 0.05) is 6.54 Å². The van der Waals surface area contributed by atoms with Crippen molar-refractivity contribution in [3.05, 3.63) is 35.9 Å².